The minimum atomic E-state index is -0.947. The van der Waals surface area contributed by atoms with Crippen molar-refractivity contribution in [2.45, 2.75) is 11.8 Å². The van der Waals surface area contributed by atoms with Crippen LogP contribution in [0.4, 0.5) is 8.78 Å². The summed E-state index contributed by atoms with van der Waals surface area (Å²) in [5, 5.41) is 0.189. The van der Waals surface area contributed by atoms with Gasteiger partial charge in [-0.25, -0.2) is 8.78 Å². The molecule has 0 spiro atoms. The van der Waals surface area contributed by atoms with E-state index in [0.29, 0.717) is 5.56 Å². The van der Waals surface area contributed by atoms with Gasteiger partial charge >= 0.3 is 0 Å². The van der Waals surface area contributed by atoms with Gasteiger partial charge in [0.1, 0.15) is 0 Å². The third-order valence-electron chi connectivity index (χ3n) is 2.81. The third-order valence-corrected chi connectivity index (χ3v) is 5.20. The van der Waals surface area contributed by atoms with E-state index in [9.17, 15) is 8.78 Å². The van der Waals surface area contributed by atoms with Gasteiger partial charge in [0.2, 0.25) is 0 Å². The summed E-state index contributed by atoms with van der Waals surface area (Å²) in [7, 11) is 0. The second-order valence-electron chi connectivity index (χ2n) is 4.13. The zero-order valence-corrected chi connectivity index (χ0v) is 13.8. The van der Waals surface area contributed by atoms with E-state index in [4.69, 9.17) is 11.6 Å². The highest BCUT2D eigenvalue weighted by Gasteiger charge is 2.19. The van der Waals surface area contributed by atoms with E-state index in [1.54, 1.807) is 0 Å². The maximum absolute atomic E-state index is 13.3. The lowest BCUT2D eigenvalue weighted by Gasteiger charge is -2.16. The van der Waals surface area contributed by atoms with E-state index in [1.165, 1.54) is 0 Å². The summed E-state index contributed by atoms with van der Waals surface area (Å²) < 4.78 is 27.3. The largest absolute Gasteiger partial charge is 0.204 e. The molecule has 2 aromatic carbocycles. The summed E-state index contributed by atoms with van der Waals surface area (Å²) >= 11 is 13.0. The van der Waals surface area contributed by atoms with Gasteiger partial charge in [-0.3, -0.25) is 0 Å². The molecule has 1 unspecified atom stereocenters. The quantitative estimate of drug-likeness (QED) is 0.410. The van der Waals surface area contributed by atoms with Crippen LogP contribution in [0.3, 0.4) is 0 Å². The number of rotatable bonds is 2. The molecule has 0 N–H and O–H groups in total. The second-order valence-corrected chi connectivity index (χ2v) is 6.24. The van der Waals surface area contributed by atoms with Crippen molar-refractivity contribution in [2.75, 3.05) is 0 Å². The maximum Gasteiger partial charge on any atom is 0.160 e. The van der Waals surface area contributed by atoms with Crippen LogP contribution in [-0.2, 0) is 0 Å². The molecular weight excluding hydrogens is 401 g/mol. The van der Waals surface area contributed by atoms with Gasteiger partial charge in [0.25, 0.3) is 0 Å². The summed E-state index contributed by atoms with van der Waals surface area (Å²) in [6, 6.07) is 7.86. The lowest BCUT2D eigenvalue weighted by atomic mass is 10.0. The van der Waals surface area contributed by atoms with Crippen LogP contribution in [0, 0.1) is 18.6 Å². The van der Waals surface area contributed by atoms with Crippen LogP contribution in [0.1, 0.15) is 21.5 Å². The topological polar surface area (TPSA) is 0 Å². The molecule has 0 aliphatic carbocycles. The highest BCUT2D eigenvalue weighted by atomic mass is 79.9. The molecule has 0 heterocycles. The average molecular weight is 410 g/mol. The minimum Gasteiger partial charge on any atom is -0.204 e. The summed E-state index contributed by atoms with van der Waals surface area (Å²) in [6.45, 7) is 1.96. The van der Waals surface area contributed by atoms with E-state index < -0.39 is 11.6 Å². The standard InChI is InChI=1S/C14H9Br2ClF2/c1-7-3-2-4-8(13(7)15)14(16)9-5-11(18)12(19)6-10(9)17/h2-6,14H,1H3. The number of hydrogen-bond acceptors (Lipinski definition) is 0. The lowest BCUT2D eigenvalue weighted by molar-refractivity contribution is 0.507. The van der Waals surface area contributed by atoms with Gasteiger partial charge < -0.3 is 0 Å². The van der Waals surface area contributed by atoms with Gasteiger partial charge in [0.05, 0.1) is 4.83 Å². The molecule has 0 bridgehead atoms. The van der Waals surface area contributed by atoms with Crippen LogP contribution in [0.25, 0.3) is 0 Å². The van der Waals surface area contributed by atoms with E-state index >= 15 is 0 Å². The predicted octanol–water partition coefficient (Wildman–Crippen LogP) is 6.17. The number of alkyl halides is 1. The number of hydrogen-bond donors (Lipinski definition) is 0. The van der Waals surface area contributed by atoms with E-state index in [1.807, 2.05) is 25.1 Å². The Labute approximate surface area is 132 Å². The SMILES string of the molecule is Cc1cccc(C(Br)c2cc(F)c(F)cc2Cl)c1Br. The van der Waals surface area contributed by atoms with Crippen molar-refractivity contribution >= 4 is 43.5 Å². The predicted molar refractivity (Wildman–Crippen MR) is 81.0 cm³/mol. The molecule has 19 heavy (non-hydrogen) atoms. The first-order chi connectivity index (χ1) is 8.91. The van der Waals surface area contributed by atoms with Crippen LogP contribution in [-0.4, -0.2) is 0 Å². The number of halogens is 5. The Morgan fingerprint density at radius 2 is 1.74 bits per heavy atom. The fourth-order valence-electron chi connectivity index (χ4n) is 1.77. The molecule has 100 valence electrons. The van der Waals surface area contributed by atoms with E-state index in [-0.39, 0.29) is 9.85 Å². The van der Waals surface area contributed by atoms with Crippen molar-refractivity contribution in [3.05, 3.63) is 68.2 Å². The monoisotopic (exact) mass is 408 g/mol. The highest BCUT2D eigenvalue weighted by molar-refractivity contribution is 9.11. The summed E-state index contributed by atoms with van der Waals surface area (Å²) in [6.07, 6.45) is 0. The summed E-state index contributed by atoms with van der Waals surface area (Å²) in [4.78, 5) is -0.315. The summed E-state index contributed by atoms with van der Waals surface area (Å²) in [5.41, 5.74) is 2.46. The molecule has 0 saturated heterocycles. The normalized spacial score (nSPS) is 12.5. The van der Waals surface area contributed by atoms with E-state index in [2.05, 4.69) is 31.9 Å². The molecule has 2 aromatic rings. The highest BCUT2D eigenvalue weighted by Crippen LogP contribution is 2.40. The fraction of sp³-hybridized carbons (Fsp3) is 0.143. The Hall–Kier alpha value is -0.450. The summed E-state index contributed by atoms with van der Waals surface area (Å²) in [5.74, 6) is -1.86. The molecule has 0 saturated carbocycles. The first kappa shape index (κ1) is 14.9. The zero-order valence-electron chi connectivity index (χ0n) is 9.85. The van der Waals surface area contributed by atoms with Crippen LogP contribution in [0.15, 0.2) is 34.8 Å². The average Bonchev–Trinajstić information content (AvgIpc) is 2.36. The zero-order chi connectivity index (χ0) is 14.2. The first-order valence-electron chi connectivity index (χ1n) is 5.45. The molecule has 1 atom stereocenters. The van der Waals surface area contributed by atoms with Gasteiger partial charge in [-0.15, -0.1) is 0 Å². The molecule has 0 aromatic heterocycles. The molecule has 5 heteroatoms. The van der Waals surface area contributed by atoms with Crippen molar-refractivity contribution in [1.82, 2.24) is 0 Å². The van der Waals surface area contributed by atoms with Gasteiger partial charge in [0.15, 0.2) is 11.6 Å². The van der Waals surface area contributed by atoms with Crippen molar-refractivity contribution in [1.29, 1.82) is 0 Å². The van der Waals surface area contributed by atoms with Crippen LogP contribution in [0.5, 0.6) is 0 Å². The molecule has 0 amide bonds. The molecule has 0 nitrogen and oxygen atoms in total. The molecule has 0 radical (unpaired) electrons. The number of benzene rings is 2. The third kappa shape index (κ3) is 3.01. The molecule has 0 fully saturated rings. The van der Waals surface area contributed by atoms with E-state index in [0.717, 1.165) is 27.7 Å². The van der Waals surface area contributed by atoms with Crippen molar-refractivity contribution in [3.63, 3.8) is 0 Å². The fourth-order valence-corrected chi connectivity index (χ4v) is 3.72. The van der Waals surface area contributed by atoms with Crippen molar-refractivity contribution in [3.8, 4) is 0 Å². The van der Waals surface area contributed by atoms with Crippen LogP contribution in [0.2, 0.25) is 5.02 Å². The van der Waals surface area contributed by atoms with Crippen LogP contribution >= 0.6 is 43.5 Å². The number of aryl methyl sites for hydroxylation is 1. The molecule has 2 rings (SSSR count). The van der Waals surface area contributed by atoms with Crippen molar-refractivity contribution in [2.24, 2.45) is 0 Å². The Bertz CT molecular complexity index is 629. The minimum absolute atomic E-state index is 0.189. The first-order valence-corrected chi connectivity index (χ1v) is 7.54. The smallest absolute Gasteiger partial charge is 0.160 e. The van der Waals surface area contributed by atoms with Gasteiger partial charge in [-0.2, -0.15) is 0 Å². The second kappa shape index (κ2) is 5.90. The Balaban J connectivity index is 2.53. The van der Waals surface area contributed by atoms with Crippen molar-refractivity contribution < 1.29 is 8.78 Å². The Morgan fingerprint density at radius 1 is 1.11 bits per heavy atom. The Morgan fingerprint density at radius 3 is 2.42 bits per heavy atom. The maximum atomic E-state index is 13.3. The van der Waals surface area contributed by atoms with Gasteiger partial charge in [-0.1, -0.05) is 61.7 Å². The van der Waals surface area contributed by atoms with Crippen LogP contribution < -0.4 is 0 Å². The lowest BCUT2D eigenvalue weighted by Crippen LogP contribution is -1.98. The van der Waals surface area contributed by atoms with Gasteiger partial charge in [-0.05, 0) is 35.7 Å². The molecular formula is C14H9Br2ClF2. The molecule has 0 aliphatic heterocycles. The molecule has 0 aliphatic rings. The Kier molecular flexibility index (Phi) is 4.64. The van der Waals surface area contributed by atoms with Gasteiger partial charge in [0, 0.05) is 9.50 Å².